The number of carbonyl (C=O) groups is 1. The number of anilines is 1. The molecule has 19 heavy (non-hydrogen) atoms. The molecule has 0 heterocycles. The van der Waals surface area contributed by atoms with Crippen LogP contribution in [0.2, 0.25) is 0 Å². The first-order chi connectivity index (χ1) is 9.10. The lowest BCUT2D eigenvalue weighted by Gasteiger charge is -2.21. The molecule has 2 nitrogen and oxygen atoms in total. The highest BCUT2D eigenvalue weighted by Crippen LogP contribution is 2.49. The van der Waals surface area contributed by atoms with Gasteiger partial charge in [-0.05, 0) is 74.1 Å². The van der Waals surface area contributed by atoms with Gasteiger partial charge >= 0.3 is 0 Å². The van der Waals surface area contributed by atoms with Crippen LogP contribution in [0.5, 0.6) is 0 Å². The predicted molar refractivity (Wildman–Crippen MR) is 78.1 cm³/mol. The largest absolute Gasteiger partial charge is 0.326 e. The maximum Gasteiger partial charge on any atom is 0.224 e. The molecule has 0 spiro atoms. The van der Waals surface area contributed by atoms with Crippen LogP contribution >= 0.6 is 0 Å². The molecule has 2 bridgehead atoms. The van der Waals surface area contributed by atoms with Gasteiger partial charge in [0.1, 0.15) is 0 Å². The molecule has 0 aliphatic heterocycles. The lowest BCUT2D eigenvalue weighted by molar-refractivity contribution is -0.117. The van der Waals surface area contributed by atoms with Crippen LogP contribution in [0.25, 0.3) is 0 Å². The van der Waals surface area contributed by atoms with E-state index in [1.165, 1.54) is 36.8 Å². The second kappa shape index (κ2) is 4.99. The van der Waals surface area contributed by atoms with Crippen molar-refractivity contribution in [1.82, 2.24) is 0 Å². The fraction of sp³-hybridized carbons (Fsp3) is 0.588. The Labute approximate surface area is 115 Å². The van der Waals surface area contributed by atoms with Gasteiger partial charge in [-0.15, -0.1) is 0 Å². The number of benzene rings is 1. The smallest absolute Gasteiger partial charge is 0.224 e. The molecule has 1 aromatic carbocycles. The number of rotatable bonds is 3. The summed E-state index contributed by atoms with van der Waals surface area (Å²) in [6.45, 7) is 4.14. The van der Waals surface area contributed by atoms with Crippen LogP contribution in [0.3, 0.4) is 0 Å². The Morgan fingerprint density at radius 3 is 2.47 bits per heavy atom. The fourth-order valence-corrected chi connectivity index (χ4v) is 4.12. The molecule has 2 aliphatic rings. The molecule has 2 heteroatoms. The van der Waals surface area contributed by atoms with Crippen LogP contribution in [-0.4, -0.2) is 5.91 Å². The van der Waals surface area contributed by atoms with Crippen molar-refractivity contribution in [2.45, 2.75) is 46.0 Å². The van der Waals surface area contributed by atoms with Crippen LogP contribution in [0.4, 0.5) is 5.69 Å². The summed E-state index contributed by atoms with van der Waals surface area (Å²) in [6, 6.07) is 6.23. The highest BCUT2D eigenvalue weighted by molar-refractivity contribution is 5.91. The van der Waals surface area contributed by atoms with Gasteiger partial charge in [0, 0.05) is 12.1 Å². The van der Waals surface area contributed by atoms with Crippen LogP contribution in [0, 0.1) is 31.6 Å². The third-order valence-corrected chi connectivity index (χ3v) is 4.84. The zero-order chi connectivity index (χ0) is 13.4. The number of hydrogen-bond donors (Lipinski definition) is 1. The average Bonchev–Trinajstić information content (AvgIpc) is 2.88. The minimum absolute atomic E-state index is 0.197. The molecule has 2 saturated carbocycles. The third kappa shape index (κ3) is 2.83. The van der Waals surface area contributed by atoms with Gasteiger partial charge in [-0.25, -0.2) is 0 Å². The molecule has 3 rings (SSSR count). The summed E-state index contributed by atoms with van der Waals surface area (Å²) in [4.78, 5) is 12.2. The lowest BCUT2D eigenvalue weighted by Crippen LogP contribution is -2.20. The molecule has 102 valence electrons. The normalized spacial score (nSPS) is 28.6. The number of nitrogens with one attached hydrogen (secondary N) is 1. The Kier molecular flexibility index (Phi) is 3.34. The molecule has 1 N–H and O–H groups in total. The molecule has 0 aromatic heterocycles. The molecule has 0 unspecified atom stereocenters. The summed E-state index contributed by atoms with van der Waals surface area (Å²) in [6.07, 6.45) is 6.13. The van der Waals surface area contributed by atoms with Crippen LogP contribution in [0.1, 0.15) is 43.2 Å². The van der Waals surface area contributed by atoms with Crippen LogP contribution in [0.15, 0.2) is 18.2 Å². The number of hydrogen-bond acceptors (Lipinski definition) is 1. The van der Waals surface area contributed by atoms with Crippen molar-refractivity contribution in [2.24, 2.45) is 17.8 Å². The topological polar surface area (TPSA) is 29.1 Å². The van der Waals surface area contributed by atoms with E-state index < -0.39 is 0 Å². The van der Waals surface area contributed by atoms with Crippen molar-refractivity contribution in [3.63, 3.8) is 0 Å². The molecule has 1 aromatic rings. The number of amides is 1. The Hall–Kier alpha value is -1.31. The molecular weight excluding hydrogens is 234 g/mol. The van der Waals surface area contributed by atoms with Gasteiger partial charge in [0.05, 0.1) is 0 Å². The molecule has 1 amide bonds. The van der Waals surface area contributed by atoms with E-state index in [9.17, 15) is 4.79 Å². The SMILES string of the molecule is Cc1cc(C)cc(NC(=O)C[C@@H]2C[C@H]3CC[C@@H]2C3)c1. The number of carbonyl (C=O) groups excluding carboxylic acids is 1. The monoisotopic (exact) mass is 257 g/mol. The Balaban J connectivity index is 1.59. The van der Waals surface area contributed by atoms with E-state index >= 15 is 0 Å². The molecular formula is C17H23NO. The van der Waals surface area contributed by atoms with Crippen molar-refractivity contribution >= 4 is 11.6 Å². The lowest BCUT2D eigenvalue weighted by atomic mass is 9.86. The standard InChI is InChI=1S/C17H23NO/c1-11-5-12(2)7-16(6-11)18-17(19)10-15-9-13-3-4-14(15)8-13/h5-7,13-15H,3-4,8-10H2,1-2H3,(H,18,19)/t13-,14+,15-/m0/s1. The Morgan fingerprint density at radius 1 is 1.16 bits per heavy atom. The van der Waals surface area contributed by atoms with E-state index in [2.05, 4.69) is 25.2 Å². The number of aryl methyl sites for hydroxylation is 2. The maximum absolute atomic E-state index is 12.2. The third-order valence-electron chi connectivity index (χ3n) is 4.84. The second-order valence-electron chi connectivity index (χ2n) is 6.56. The van der Waals surface area contributed by atoms with Crippen molar-refractivity contribution < 1.29 is 4.79 Å². The van der Waals surface area contributed by atoms with Gasteiger partial charge in [0.15, 0.2) is 0 Å². The minimum atomic E-state index is 0.197. The highest BCUT2D eigenvalue weighted by atomic mass is 16.1. The van der Waals surface area contributed by atoms with Crippen LogP contribution in [-0.2, 0) is 4.79 Å². The predicted octanol–water partition coefficient (Wildman–Crippen LogP) is 4.07. The van der Waals surface area contributed by atoms with E-state index in [0.717, 1.165) is 17.5 Å². The quantitative estimate of drug-likeness (QED) is 0.869. The molecule has 2 aliphatic carbocycles. The van der Waals surface area contributed by atoms with Gasteiger partial charge in [-0.2, -0.15) is 0 Å². The second-order valence-corrected chi connectivity index (χ2v) is 6.56. The first kappa shape index (κ1) is 12.7. The zero-order valence-electron chi connectivity index (χ0n) is 11.9. The van der Waals surface area contributed by atoms with Crippen LogP contribution < -0.4 is 5.32 Å². The zero-order valence-corrected chi connectivity index (χ0v) is 11.9. The molecule has 3 atom stereocenters. The number of fused-ring (bicyclic) bond motifs is 2. The molecule has 2 fully saturated rings. The maximum atomic E-state index is 12.2. The highest BCUT2D eigenvalue weighted by Gasteiger charge is 2.40. The first-order valence-electron chi connectivity index (χ1n) is 7.48. The van der Waals surface area contributed by atoms with Crippen molar-refractivity contribution in [2.75, 3.05) is 5.32 Å². The van der Waals surface area contributed by atoms with Gasteiger partial charge in [0.2, 0.25) is 5.91 Å². The molecule has 0 saturated heterocycles. The van der Waals surface area contributed by atoms with E-state index in [0.29, 0.717) is 12.3 Å². The summed E-state index contributed by atoms with van der Waals surface area (Å²) in [5.41, 5.74) is 3.36. The summed E-state index contributed by atoms with van der Waals surface area (Å²) >= 11 is 0. The summed E-state index contributed by atoms with van der Waals surface area (Å²) < 4.78 is 0. The summed E-state index contributed by atoms with van der Waals surface area (Å²) in [5, 5.41) is 3.07. The van der Waals surface area contributed by atoms with Crippen molar-refractivity contribution in [3.8, 4) is 0 Å². The van der Waals surface area contributed by atoms with Gasteiger partial charge in [0.25, 0.3) is 0 Å². The Bertz CT molecular complexity index is 474. The Morgan fingerprint density at radius 2 is 1.89 bits per heavy atom. The van der Waals surface area contributed by atoms with E-state index in [1.807, 2.05) is 12.1 Å². The summed E-state index contributed by atoms with van der Waals surface area (Å²) in [7, 11) is 0. The van der Waals surface area contributed by atoms with E-state index in [-0.39, 0.29) is 5.91 Å². The van der Waals surface area contributed by atoms with E-state index in [1.54, 1.807) is 0 Å². The summed E-state index contributed by atoms with van der Waals surface area (Å²) in [5.74, 6) is 2.59. The molecule has 0 radical (unpaired) electrons. The van der Waals surface area contributed by atoms with Gasteiger partial charge < -0.3 is 5.32 Å². The van der Waals surface area contributed by atoms with Gasteiger partial charge in [-0.1, -0.05) is 12.5 Å². The van der Waals surface area contributed by atoms with Crippen molar-refractivity contribution in [1.29, 1.82) is 0 Å². The van der Waals surface area contributed by atoms with Gasteiger partial charge in [-0.3, -0.25) is 4.79 Å². The average molecular weight is 257 g/mol. The minimum Gasteiger partial charge on any atom is -0.326 e. The first-order valence-corrected chi connectivity index (χ1v) is 7.48. The fourth-order valence-electron chi connectivity index (χ4n) is 4.12. The van der Waals surface area contributed by atoms with E-state index in [4.69, 9.17) is 0 Å². The van der Waals surface area contributed by atoms with Crippen molar-refractivity contribution in [3.05, 3.63) is 29.3 Å².